The Hall–Kier alpha value is -1.47. The van der Waals surface area contributed by atoms with Crippen LogP contribution in [0.1, 0.15) is 35.0 Å². The van der Waals surface area contributed by atoms with Crippen molar-refractivity contribution in [3.05, 3.63) is 69.7 Å². The Morgan fingerprint density at radius 2 is 1.67 bits per heavy atom. The number of hydrogen-bond donors (Lipinski definition) is 5. The van der Waals surface area contributed by atoms with Gasteiger partial charge >= 0.3 is 0 Å². The molecule has 1 aliphatic carbocycles. The monoisotopic (exact) mass is 397 g/mol. The number of aliphatic hydroxyl groups excluding tert-OH is 5. The number of aliphatic hydroxyl groups is 5. The highest BCUT2D eigenvalue weighted by Gasteiger charge is 2.48. The van der Waals surface area contributed by atoms with Gasteiger partial charge in [-0.2, -0.15) is 0 Å². The van der Waals surface area contributed by atoms with Gasteiger partial charge in [0.15, 0.2) is 0 Å². The molecule has 0 aromatic heterocycles. The molecule has 5 N–H and O–H groups in total. The van der Waals surface area contributed by atoms with Crippen molar-refractivity contribution in [1.82, 2.24) is 0 Å². The molecule has 146 valence electrons. The van der Waals surface area contributed by atoms with Crippen molar-refractivity contribution in [3.8, 4) is 0 Å². The first-order chi connectivity index (χ1) is 14.8. The highest BCUT2D eigenvalue weighted by atomic mass is 35.5. The second-order valence-electron chi connectivity index (χ2n) is 6.78. The molecule has 6 heteroatoms. The first kappa shape index (κ1) is 14.5. The normalized spacial score (nSPS) is 34.8. The fourth-order valence-electron chi connectivity index (χ4n) is 3.50. The molecule has 6 atom stereocenters. The average molecular weight is 398 g/mol. The zero-order valence-electron chi connectivity index (χ0n) is 19.3. The molecule has 1 saturated carbocycles. The molecule has 0 bridgehead atoms. The van der Waals surface area contributed by atoms with Gasteiger partial charge in [0.25, 0.3) is 0 Å². The summed E-state index contributed by atoms with van der Waals surface area (Å²) in [6.45, 7) is -2.95. The summed E-state index contributed by atoms with van der Waals surface area (Å²) in [7, 11) is 0. The predicted molar refractivity (Wildman–Crippen MR) is 103 cm³/mol. The number of benzene rings is 2. The number of rotatable bonds is 4. The minimum Gasteiger partial charge on any atom is -0.396 e. The summed E-state index contributed by atoms with van der Waals surface area (Å²) in [6.07, 6.45) is -8.28. The van der Waals surface area contributed by atoms with Gasteiger partial charge in [-0.15, -0.1) is 0 Å². The molecule has 0 spiro atoms. The van der Waals surface area contributed by atoms with E-state index in [1.54, 1.807) is 0 Å². The van der Waals surface area contributed by atoms with Gasteiger partial charge in [0.05, 0.1) is 24.9 Å². The standard InChI is InChI=1S/C21H25ClO5/c1-11-2-4-12(5-3-11)8-14-9-13(6-7-16(14)22)17-18(24)15(10-23)19(25)21(27)20(17)26/h2-7,9,15,17-21,23-27H,8,10H2,1H3/t15-,17+,18-,19+,20-,21-/m0/s1/i1D3,8D2. The Labute approximate surface area is 170 Å². The van der Waals surface area contributed by atoms with Gasteiger partial charge in [-0.3, -0.25) is 0 Å². The van der Waals surface area contributed by atoms with Gasteiger partial charge in [-0.1, -0.05) is 53.6 Å². The van der Waals surface area contributed by atoms with Gasteiger partial charge < -0.3 is 25.5 Å². The van der Waals surface area contributed by atoms with Crippen LogP contribution >= 0.6 is 11.6 Å². The molecule has 1 fully saturated rings. The summed E-state index contributed by atoms with van der Waals surface area (Å²) in [5, 5.41) is 51.0. The predicted octanol–water partition coefficient (Wildman–Crippen LogP) is 1.39. The molecule has 27 heavy (non-hydrogen) atoms. The molecule has 3 rings (SSSR count). The molecule has 1 aliphatic rings. The average Bonchev–Trinajstić information content (AvgIpc) is 2.73. The summed E-state index contributed by atoms with van der Waals surface area (Å²) in [6, 6.07) is 9.57. The first-order valence-electron chi connectivity index (χ1n) is 11.0. The fraction of sp³-hybridized carbons (Fsp3) is 0.429. The quantitative estimate of drug-likeness (QED) is 0.536. The second kappa shape index (κ2) is 8.27. The molecule has 0 amide bonds. The van der Waals surface area contributed by atoms with Crippen LogP contribution in [0.3, 0.4) is 0 Å². The Morgan fingerprint density at radius 3 is 2.30 bits per heavy atom. The second-order valence-corrected chi connectivity index (χ2v) is 7.18. The van der Waals surface area contributed by atoms with Crippen LogP contribution in [0.4, 0.5) is 0 Å². The van der Waals surface area contributed by atoms with Crippen molar-refractivity contribution in [2.75, 3.05) is 6.61 Å². The van der Waals surface area contributed by atoms with E-state index >= 15 is 0 Å². The van der Waals surface area contributed by atoms with Crippen LogP contribution in [-0.4, -0.2) is 56.6 Å². The first-order valence-corrected chi connectivity index (χ1v) is 8.92. The molecule has 2 aromatic rings. The van der Waals surface area contributed by atoms with E-state index in [4.69, 9.17) is 18.5 Å². The zero-order valence-corrected chi connectivity index (χ0v) is 15.1. The maximum absolute atomic E-state index is 10.7. The molecular formula is C21H25ClO5. The largest absolute Gasteiger partial charge is 0.396 e. The van der Waals surface area contributed by atoms with Crippen LogP contribution in [0.2, 0.25) is 5.02 Å². The van der Waals surface area contributed by atoms with Gasteiger partial charge in [-0.25, -0.2) is 0 Å². The van der Waals surface area contributed by atoms with Crippen LogP contribution in [0, 0.1) is 12.8 Å². The molecule has 0 heterocycles. The van der Waals surface area contributed by atoms with E-state index in [9.17, 15) is 25.5 Å². The fourth-order valence-corrected chi connectivity index (χ4v) is 3.67. The topological polar surface area (TPSA) is 101 Å². The number of hydrogen-bond acceptors (Lipinski definition) is 5. The van der Waals surface area contributed by atoms with Crippen LogP contribution in [0.15, 0.2) is 42.5 Å². The third-order valence-corrected chi connectivity index (χ3v) is 5.39. The maximum atomic E-state index is 10.7. The molecular weight excluding hydrogens is 368 g/mol. The van der Waals surface area contributed by atoms with Crippen molar-refractivity contribution < 1.29 is 32.4 Å². The van der Waals surface area contributed by atoms with Crippen molar-refractivity contribution >= 4 is 11.6 Å². The van der Waals surface area contributed by atoms with E-state index in [-0.39, 0.29) is 27.3 Å². The smallest absolute Gasteiger partial charge is 0.107 e. The van der Waals surface area contributed by atoms with Gasteiger partial charge in [0.2, 0.25) is 0 Å². The lowest BCUT2D eigenvalue weighted by Gasteiger charge is -2.43. The lowest BCUT2D eigenvalue weighted by atomic mass is 9.70. The Morgan fingerprint density at radius 1 is 0.963 bits per heavy atom. The number of aryl methyl sites for hydroxylation is 1. The highest BCUT2D eigenvalue weighted by Crippen LogP contribution is 2.38. The summed E-state index contributed by atoms with van der Waals surface area (Å²) in [5.41, 5.74) is 0.488. The summed E-state index contributed by atoms with van der Waals surface area (Å²) < 4.78 is 39.6. The molecule has 0 unspecified atom stereocenters. The van der Waals surface area contributed by atoms with Crippen molar-refractivity contribution in [1.29, 1.82) is 0 Å². The third-order valence-electron chi connectivity index (χ3n) is 5.06. The third kappa shape index (κ3) is 4.04. The Balaban J connectivity index is 2.03. The van der Waals surface area contributed by atoms with Gasteiger partial charge in [0, 0.05) is 23.7 Å². The summed E-state index contributed by atoms with van der Waals surface area (Å²) in [5.74, 6) is -2.22. The van der Waals surface area contributed by atoms with E-state index in [0.29, 0.717) is 0 Å². The van der Waals surface area contributed by atoms with Crippen molar-refractivity contribution in [2.24, 2.45) is 5.92 Å². The van der Waals surface area contributed by atoms with Crippen LogP contribution in [0.25, 0.3) is 0 Å². The van der Waals surface area contributed by atoms with Crippen molar-refractivity contribution in [3.63, 3.8) is 0 Å². The summed E-state index contributed by atoms with van der Waals surface area (Å²) in [4.78, 5) is 0. The molecule has 2 aromatic carbocycles. The molecule has 0 aliphatic heterocycles. The molecule has 0 saturated heterocycles. The van der Waals surface area contributed by atoms with Crippen molar-refractivity contribution in [2.45, 2.75) is 43.6 Å². The van der Waals surface area contributed by atoms with E-state index in [0.717, 1.165) is 0 Å². The van der Waals surface area contributed by atoms with Crippen LogP contribution < -0.4 is 0 Å². The SMILES string of the molecule is [2H]C([2H])([2H])c1ccc(C([2H])([2H])c2cc([C@H]3[C@H](O)[C@@H](O)[C@H](O)[C@@H](CO)[C@@H]3O)ccc2Cl)cc1. The zero-order chi connectivity index (χ0) is 24.0. The lowest BCUT2D eigenvalue weighted by molar-refractivity contribution is -0.169. The van der Waals surface area contributed by atoms with Gasteiger partial charge in [0.1, 0.15) is 6.10 Å². The van der Waals surface area contributed by atoms with E-state index in [1.807, 2.05) is 0 Å². The van der Waals surface area contributed by atoms with Gasteiger partial charge in [-0.05, 0) is 36.0 Å². The molecule has 0 radical (unpaired) electrons. The van der Waals surface area contributed by atoms with Crippen LogP contribution in [0.5, 0.6) is 0 Å². The Bertz CT molecular complexity index is 953. The number of halogens is 1. The van der Waals surface area contributed by atoms with E-state index in [1.165, 1.54) is 42.5 Å². The maximum Gasteiger partial charge on any atom is 0.107 e. The minimum atomic E-state index is -2.33. The minimum absolute atomic E-state index is 0.0128. The van der Waals surface area contributed by atoms with E-state index < -0.39 is 56.1 Å². The lowest BCUT2D eigenvalue weighted by Crippen LogP contribution is -2.58. The highest BCUT2D eigenvalue weighted by molar-refractivity contribution is 6.31. The van der Waals surface area contributed by atoms with Crippen LogP contribution in [-0.2, 0) is 6.37 Å². The Kier molecular flexibility index (Phi) is 4.45. The molecule has 5 nitrogen and oxygen atoms in total. The summed E-state index contributed by atoms with van der Waals surface area (Å²) >= 11 is 6.27. The van der Waals surface area contributed by atoms with E-state index in [2.05, 4.69) is 0 Å².